The molecule has 1 heterocycles. The van der Waals surface area contributed by atoms with E-state index in [0.717, 1.165) is 0 Å². The molecule has 0 bridgehead atoms. The highest BCUT2D eigenvalue weighted by molar-refractivity contribution is 7.89. The molecular formula is C9H17N5O3S. The van der Waals surface area contributed by atoms with Crippen LogP contribution in [-0.4, -0.2) is 51.9 Å². The first-order valence-electron chi connectivity index (χ1n) is 5.26. The molecule has 0 atom stereocenters. The van der Waals surface area contributed by atoms with Crippen molar-refractivity contribution < 1.29 is 13.2 Å². The first-order valence-corrected chi connectivity index (χ1v) is 6.91. The van der Waals surface area contributed by atoms with Gasteiger partial charge in [-0.3, -0.25) is 0 Å². The first-order chi connectivity index (χ1) is 8.54. The van der Waals surface area contributed by atoms with E-state index in [1.54, 1.807) is 7.05 Å². The van der Waals surface area contributed by atoms with Crippen LogP contribution in [0.1, 0.15) is 0 Å². The lowest BCUT2D eigenvalue weighted by atomic mass is 10.4. The number of rotatable bonds is 7. The van der Waals surface area contributed by atoms with Crippen LogP contribution in [0.25, 0.3) is 0 Å². The molecule has 102 valence electrons. The highest BCUT2D eigenvalue weighted by Crippen LogP contribution is 2.27. The summed E-state index contributed by atoms with van der Waals surface area (Å²) in [4.78, 5) is 7.98. The van der Waals surface area contributed by atoms with Crippen molar-refractivity contribution in [3.05, 3.63) is 6.33 Å². The van der Waals surface area contributed by atoms with Gasteiger partial charge in [0.05, 0.1) is 12.9 Å². The molecule has 0 radical (unpaired) electrons. The van der Waals surface area contributed by atoms with E-state index >= 15 is 0 Å². The smallest absolute Gasteiger partial charge is 0.213 e. The van der Waals surface area contributed by atoms with E-state index in [1.807, 2.05) is 0 Å². The normalized spacial score (nSPS) is 11.1. The van der Waals surface area contributed by atoms with E-state index in [-0.39, 0.29) is 12.3 Å². The van der Waals surface area contributed by atoms with Gasteiger partial charge in [-0.2, -0.15) is 0 Å². The van der Waals surface area contributed by atoms with Crippen LogP contribution in [0, 0.1) is 0 Å². The third-order valence-corrected chi connectivity index (χ3v) is 3.58. The number of ether oxygens (including phenoxy) is 1. The van der Waals surface area contributed by atoms with Crippen LogP contribution < -0.4 is 20.1 Å². The Morgan fingerprint density at radius 2 is 1.94 bits per heavy atom. The lowest BCUT2D eigenvalue weighted by Crippen LogP contribution is -2.26. The summed E-state index contributed by atoms with van der Waals surface area (Å²) in [6.07, 6.45) is 1.36. The van der Waals surface area contributed by atoms with Crippen molar-refractivity contribution in [3.8, 4) is 5.75 Å². The van der Waals surface area contributed by atoms with Gasteiger partial charge in [-0.25, -0.2) is 23.1 Å². The second kappa shape index (κ2) is 6.36. The van der Waals surface area contributed by atoms with Crippen molar-refractivity contribution in [1.29, 1.82) is 0 Å². The molecule has 0 spiro atoms. The van der Waals surface area contributed by atoms with Gasteiger partial charge in [-0.1, -0.05) is 0 Å². The first kappa shape index (κ1) is 14.5. The Bertz CT molecular complexity index is 491. The number of nitrogens with zero attached hydrogens (tertiary/aromatic N) is 2. The molecule has 0 fully saturated rings. The fourth-order valence-electron chi connectivity index (χ4n) is 1.28. The monoisotopic (exact) mass is 275 g/mol. The third-order valence-electron chi connectivity index (χ3n) is 2.22. The fraction of sp³-hybridized carbons (Fsp3) is 0.556. The highest BCUT2D eigenvalue weighted by atomic mass is 32.2. The van der Waals surface area contributed by atoms with Crippen molar-refractivity contribution in [1.82, 2.24) is 14.7 Å². The second-order valence-electron chi connectivity index (χ2n) is 3.30. The number of aromatic nitrogens is 2. The number of nitrogens with one attached hydrogen (secondary N) is 3. The Labute approximate surface area is 106 Å². The topological polar surface area (TPSA) is 105 Å². The Balaban J connectivity index is 2.73. The van der Waals surface area contributed by atoms with Gasteiger partial charge < -0.3 is 15.4 Å². The molecule has 0 aromatic carbocycles. The summed E-state index contributed by atoms with van der Waals surface area (Å²) in [6, 6.07) is 0. The average Bonchev–Trinajstić information content (AvgIpc) is 2.38. The predicted octanol–water partition coefficient (Wildman–Crippen LogP) is -0.512. The number of hydrogen-bond donors (Lipinski definition) is 3. The van der Waals surface area contributed by atoms with E-state index in [4.69, 9.17) is 4.74 Å². The van der Waals surface area contributed by atoms with Crippen LogP contribution in [0.5, 0.6) is 5.75 Å². The molecule has 3 N–H and O–H groups in total. The summed E-state index contributed by atoms with van der Waals surface area (Å²) in [7, 11) is 1.34. The van der Waals surface area contributed by atoms with Crippen molar-refractivity contribution in [2.75, 3.05) is 44.1 Å². The van der Waals surface area contributed by atoms with Crippen molar-refractivity contribution >= 4 is 21.7 Å². The summed E-state index contributed by atoms with van der Waals surface area (Å²) in [5, 5.41) is 5.75. The molecule has 0 unspecified atom stereocenters. The van der Waals surface area contributed by atoms with Crippen LogP contribution in [0.3, 0.4) is 0 Å². The van der Waals surface area contributed by atoms with Crippen molar-refractivity contribution in [3.63, 3.8) is 0 Å². The summed E-state index contributed by atoms with van der Waals surface area (Å²) < 4.78 is 29.9. The maximum atomic E-state index is 11.2. The van der Waals surface area contributed by atoms with E-state index in [1.165, 1.54) is 20.5 Å². The molecule has 0 saturated heterocycles. The molecule has 0 saturated carbocycles. The van der Waals surface area contributed by atoms with E-state index in [9.17, 15) is 8.42 Å². The van der Waals surface area contributed by atoms with E-state index in [0.29, 0.717) is 17.4 Å². The van der Waals surface area contributed by atoms with Gasteiger partial charge in [0.1, 0.15) is 6.33 Å². The predicted molar refractivity (Wildman–Crippen MR) is 69.5 cm³/mol. The van der Waals surface area contributed by atoms with Gasteiger partial charge in [0, 0.05) is 13.6 Å². The van der Waals surface area contributed by atoms with Crippen molar-refractivity contribution in [2.45, 2.75) is 0 Å². The molecular weight excluding hydrogens is 258 g/mol. The highest BCUT2D eigenvalue weighted by Gasteiger charge is 2.12. The molecule has 0 aliphatic rings. The average molecular weight is 275 g/mol. The molecule has 9 heteroatoms. The van der Waals surface area contributed by atoms with Crippen LogP contribution in [0.15, 0.2) is 6.33 Å². The lowest BCUT2D eigenvalue weighted by Gasteiger charge is -2.12. The Hall–Kier alpha value is -1.61. The minimum absolute atomic E-state index is 0.0501. The van der Waals surface area contributed by atoms with Crippen LogP contribution >= 0.6 is 0 Å². The Kier molecular flexibility index (Phi) is 5.10. The van der Waals surface area contributed by atoms with Gasteiger partial charge >= 0.3 is 0 Å². The van der Waals surface area contributed by atoms with Gasteiger partial charge in [-0.05, 0) is 7.05 Å². The lowest BCUT2D eigenvalue weighted by molar-refractivity contribution is 0.415. The fourth-order valence-corrected chi connectivity index (χ4v) is 1.85. The van der Waals surface area contributed by atoms with Gasteiger partial charge in [0.15, 0.2) is 11.6 Å². The summed E-state index contributed by atoms with van der Waals surface area (Å²) >= 11 is 0. The number of methoxy groups -OCH3 is 1. The number of sulfonamides is 1. The molecule has 1 aromatic rings. The van der Waals surface area contributed by atoms with Crippen LogP contribution in [0.4, 0.5) is 11.6 Å². The molecule has 1 aromatic heterocycles. The zero-order chi connectivity index (χ0) is 13.6. The zero-order valence-electron chi connectivity index (χ0n) is 10.5. The summed E-state index contributed by atoms with van der Waals surface area (Å²) in [6.45, 7) is 0.222. The maximum Gasteiger partial charge on any atom is 0.213 e. The third kappa shape index (κ3) is 3.70. The number of hydrogen-bond acceptors (Lipinski definition) is 7. The number of anilines is 2. The quantitative estimate of drug-likeness (QED) is 0.615. The van der Waals surface area contributed by atoms with Gasteiger partial charge in [-0.15, -0.1) is 0 Å². The Morgan fingerprint density at radius 1 is 1.28 bits per heavy atom. The standard InChI is InChI=1S/C9H17N5O3S/c1-10-8-7(17-3)9(14-6-13-8)12-4-5-18(15,16)11-2/h6,11H,4-5H2,1-3H3,(H2,10,12,13,14). The van der Waals surface area contributed by atoms with Gasteiger partial charge in [0.25, 0.3) is 0 Å². The molecule has 0 amide bonds. The van der Waals surface area contributed by atoms with Gasteiger partial charge in [0.2, 0.25) is 15.8 Å². The second-order valence-corrected chi connectivity index (χ2v) is 5.35. The SMILES string of the molecule is CNc1ncnc(NCCS(=O)(=O)NC)c1OC. The molecule has 8 nitrogen and oxygen atoms in total. The van der Waals surface area contributed by atoms with E-state index in [2.05, 4.69) is 25.3 Å². The minimum Gasteiger partial charge on any atom is -0.490 e. The zero-order valence-corrected chi connectivity index (χ0v) is 11.3. The van der Waals surface area contributed by atoms with E-state index < -0.39 is 10.0 Å². The largest absolute Gasteiger partial charge is 0.490 e. The van der Waals surface area contributed by atoms with Crippen LogP contribution in [0.2, 0.25) is 0 Å². The van der Waals surface area contributed by atoms with Crippen LogP contribution in [-0.2, 0) is 10.0 Å². The molecule has 0 aliphatic carbocycles. The van der Waals surface area contributed by atoms with Crippen molar-refractivity contribution in [2.24, 2.45) is 0 Å². The minimum atomic E-state index is -3.24. The molecule has 0 aliphatic heterocycles. The summed E-state index contributed by atoms with van der Waals surface area (Å²) in [5.41, 5.74) is 0. The maximum absolute atomic E-state index is 11.2. The molecule has 18 heavy (non-hydrogen) atoms. The molecule has 1 rings (SSSR count). The Morgan fingerprint density at radius 3 is 2.50 bits per heavy atom. The summed E-state index contributed by atoms with van der Waals surface area (Å²) in [5.74, 6) is 1.38.